The Morgan fingerprint density at radius 2 is 1.83 bits per heavy atom. The van der Waals surface area contributed by atoms with Crippen molar-refractivity contribution in [1.29, 1.82) is 0 Å². The van der Waals surface area contributed by atoms with Crippen LogP contribution in [0.2, 0.25) is 0 Å². The van der Waals surface area contributed by atoms with Gasteiger partial charge in [0, 0.05) is 11.4 Å². The molecular weight excluding hydrogens is 222 g/mol. The molecule has 0 saturated carbocycles. The lowest BCUT2D eigenvalue weighted by Gasteiger charge is -2.20. The van der Waals surface area contributed by atoms with Crippen LogP contribution < -0.4 is 5.32 Å². The van der Waals surface area contributed by atoms with E-state index in [1.807, 2.05) is 12.1 Å². The van der Waals surface area contributed by atoms with Crippen molar-refractivity contribution in [2.45, 2.75) is 52.6 Å². The Kier molecular flexibility index (Phi) is 4.07. The number of fused-ring (bicyclic) bond motifs is 1. The molecule has 0 saturated heterocycles. The van der Waals surface area contributed by atoms with Gasteiger partial charge in [0.25, 0.3) is 0 Å². The molecule has 0 spiro atoms. The summed E-state index contributed by atoms with van der Waals surface area (Å²) >= 11 is 0. The largest absolute Gasteiger partial charge is 0.459 e. The molecular formula is C16H23NO. The minimum atomic E-state index is 0.266. The van der Waals surface area contributed by atoms with Gasteiger partial charge < -0.3 is 9.73 Å². The summed E-state index contributed by atoms with van der Waals surface area (Å²) in [6, 6.07) is 9.08. The maximum atomic E-state index is 5.99. The van der Waals surface area contributed by atoms with E-state index in [-0.39, 0.29) is 6.04 Å². The second-order valence-corrected chi connectivity index (χ2v) is 4.99. The average Bonchev–Trinajstić information content (AvgIpc) is 2.74. The summed E-state index contributed by atoms with van der Waals surface area (Å²) in [6.45, 7) is 8.77. The van der Waals surface area contributed by atoms with Gasteiger partial charge >= 0.3 is 0 Å². The van der Waals surface area contributed by atoms with Gasteiger partial charge in [-0.05, 0) is 38.3 Å². The highest BCUT2D eigenvalue weighted by atomic mass is 16.3. The minimum absolute atomic E-state index is 0.266. The Balaban J connectivity index is 2.27. The van der Waals surface area contributed by atoms with Gasteiger partial charge in [0.1, 0.15) is 11.3 Å². The van der Waals surface area contributed by atoms with Crippen molar-refractivity contribution in [3.05, 3.63) is 35.6 Å². The average molecular weight is 245 g/mol. The van der Waals surface area contributed by atoms with Crippen LogP contribution in [0.5, 0.6) is 0 Å². The molecule has 18 heavy (non-hydrogen) atoms. The van der Waals surface area contributed by atoms with Gasteiger partial charge in [0.15, 0.2) is 0 Å². The first-order chi connectivity index (χ1) is 8.67. The molecule has 1 unspecified atom stereocenters. The van der Waals surface area contributed by atoms with E-state index in [0.29, 0.717) is 6.04 Å². The highest BCUT2D eigenvalue weighted by Gasteiger charge is 2.18. The second-order valence-electron chi connectivity index (χ2n) is 4.99. The Hall–Kier alpha value is -1.28. The Morgan fingerprint density at radius 3 is 2.44 bits per heavy atom. The predicted octanol–water partition coefficient (Wildman–Crippen LogP) is 4.58. The fourth-order valence-corrected chi connectivity index (χ4v) is 2.56. The van der Waals surface area contributed by atoms with Gasteiger partial charge in [0.05, 0.1) is 6.04 Å². The molecule has 2 aromatic rings. The highest BCUT2D eigenvalue weighted by molar-refractivity contribution is 5.82. The minimum Gasteiger partial charge on any atom is -0.459 e. The van der Waals surface area contributed by atoms with E-state index in [1.54, 1.807) is 0 Å². The zero-order chi connectivity index (χ0) is 13.1. The fraction of sp³-hybridized carbons (Fsp3) is 0.500. The molecule has 2 rings (SSSR count). The van der Waals surface area contributed by atoms with Gasteiger partial charge in [-0.15, -0.1) is 0 Å². The first-order valence-electron chi connectivity index (χ1n) is 6.91. The van der Waals surface area contributed by atoms with Crippen molar-refractivity contribution in [1.82, 2.24) is 5.32 Å². The third-order valence-corrected chi connectivity index (χ3v) is 3.75. The summed E-state index contributed by atoms with van der Waals surface area (Å²) in [5.74, 6) is 1.07. The van der Waals surface area contributed by atoms with Crippen LogP contribution in [0.15, 0.2) is 28.7 Å². The van der Waals surface area contributed by atoms with Crippen molar-refractivity contribution in [2.75, 3.05) is 0 Å². The standard InChI is InChI=1S/C16H23NO/c1-5-13(6-2)17-12(4)16-11(3)14-9-7-8-10-15(14)18-16/h7-10,12-13,17H,5-6H2,1-4H3. The van der Waals surface area contributed by atoms with Gasteiger partial charge in [-0.25, -0.2) is 0 Å². The summed E-state index contributed by atoms with van der Waals surface area (Å²) in [5, 5.41) is 4.87. The van der Waals surface area contributed by atoms with Crippen LogP contribution in [-0.2, 0) is 0 Å². The molecule has 0 bridgehead atoms. The monoisotopic (exact) mass is 245 g/mol. The zero-order valence-electron chi connectivity index (χ0n) is 11.8. The number of hydrogen-bond donors (Lipinski definition) is 1. The number of nitrogens with one attached hydrogen (secondary N) is 1. The van der Waals surface area contributed by atoms with Crippen LogP contribution in [0.3, 0.4) is 0 Å². The van der Waals surface area contributed by atoms with E-state index in [4.69, 9.17) is 4.42 Å². The van der Waals surface area contributed by atoms with Crippen molar-refractivity contribution in [2.24, 2.45) is 0 Å². The number of hydrogen-bond acceptors (Lipinski definition) is 2. The number of benzene rings is 1. The van der Waals surface area contributed by atoms with E-state index in [1.165, 1.54) is 10.9 Å². The van der Waals surface area contributed by atoms with Gasteiger partial charge in [-0.3, -0.25) is 0 Å². The third kappa shape index (κ3) is 2.44. The van der Waals surface area contributed by atoms with E-state index < -0.39 is 0 Å². The molecule has 0 aliphatic rings. The summed E-state index contributed by atoms with van der Waals surface area (Å²) in [6.07, 6.45) is 2.31. The Morgan fingerprint density at radius 1 is 1.17 bits per heavy atom. The van der Waals surface area contributed by atoms with E-state index in [9.17, 15) is 0 Å². The molecule has 98 valence electrons. The van der Waals surface area contributed by atoms with Crippen LogP contribution in [0.4, 0.5) is 0 Å². The van der Waals surface area contributed by atoms with Gasteiger partial charge in [-0.2, -0.15) is 0 Å². The number of furan rings is 1. The lowest BCUT2D eigenvalue weighted by molar-refractivity contribution is 0.383. The molecule has 0 amide bonds. The predicted molar refractivity (Wildman–Crippen MR) is 76.9 cm³/mol. The fourth-order valence-electron chi connectivity index (χ4n) is 2.56. The van der Waals surface area contributed by atoms with Gasteiger partial charge in [0.2, 0.25) is 0 Å². The third-order valence-electron chi connectivity index (χ3n) is 3.75. The summed E-state index contributed by atoms with van der Waals surface area (Å²) in [7, 11) is 0. The zero-order valence-corrected chi connectivity index (χ0v) is 11.8. The summed E-state index contributed by atoms with van der Waals surface area (Å²) in [4.78, 5) is 0. The van der Waals surface area contributed by atoms with E-state index >= 15 is 0 Å². The number of rotatable bonds is 5. The van der Waals surface area contributed by atoms with Gasteiger partial charge in [-0.1, -0.05) is 32.0 Å². The molecule has 1 heterocycles. The molecule has 0 aliphatic carbocycles. The number of para-hydroxylation sites is 1. The van der Waals surface area contributed by atoms with Crippen molar-refractivity contribution >= 4 is 11.0 Å². The summed E-state index contributed by atoms with van der Waals surface area (Å²) in [5.41, 5.74) is 2.25. The van der Waals surface area contributed by atoms with Crippen LogP contribution >= 0.6 is 0 Å². The van der Waals surface area contributed by atoms with Crippen LogP contribution in [0.25, 0.3) is 11.0 Å². The molecule has 0 radical (unpaired) electrons. The molecule has 2 nitrogen and oxygen atoms in total. The summed E-state index contributed by atoms with van der Waals surface area (Å²) < 4.78 is 5.99. The molecule has 1 atom stereocenters. The van der Waals surface area contributed by atoms with Crippen molar-refractivity contribution < 1.29 is 4.42 Å². The maximum absolute atomic E-state index is 5.99. The van der Waals surface area contributed by atoms with Crippen LogP contribution in [0.1, 0.15) is 51.0 Å². The first-order valence-corrected chi connectivity index (χ1v) is 6.91. The van der Waals surface area contributed by atoms with Crippen LogP contribution in [0, 0.1) is 6.92 Å². The Labute approximate surface area is 109 Å². The maximum Gasteiger partial charge on any atom is 0.134 e. The smallest absolute Gasteiger partial charge is 0.134 e. The van der Waals surface area contributed by atoms with Crippen molar-refractivity contribution in [3.8, 4) is 0 Å². The molecule has 0 aliphatic heterocycles. The molecule has 2 heteroatoms. The van der Waals surface area contributed by atoms with E-state index in [0.717, 1.165) is 24.2 Å². The van der Waals surface area contributed by atoms with E-state index in [2.05, 4.69) is 45.1 Å². The number of aryl methyl sites for hydroxylation is 1. The highest BCUT2D eigenvalue weighted by Crippen LogP contribution is 2.29. The van der Waals surface area contributed by atoms with Crippen molar-refractivity contribution in [3.63, 3.8) is 0 Å². The second kappa shape index (κ2) is 5.57. The van der Waals surface area contributed by atoms with Crippen LogP contribution in [-0.4, -0.2) is 6.04 Å². The lowest BCUT2D eigenvalue weighted by Crippen LogP contribution is -2.30. The normalized spacial score (nSPS) is 13.4. The molecule has 1 aromatic heterocycles. The molecule has 0 fully saturated rings. The molecule has 1 N–H and O–H groups in total. The first kappa shape index (κ1) is 13.2. The quantitative estimate of drug-likeness (QED) is 0.834. The Bertz CT molecular complexity index is 511. The molecule has 1 aromatic carbocycles. The topological polar surface area (TPSA) is 25.2 Å². The SMILES string of the molecule is CCC(CC)NC(C)c1oc2ccccc2c1C. The lowest BCUT2D eigenvalue weighted by atomic mass is 10.1.